The van der Waals surface area contributed by atoms with Crippen molar-refractivity contribution in [3.8, 4) is 17.2 Å². The van der Waals surface area contributed by atoms with Crippen LogP contribution in [0.5, 0.6) is 17.2 Å². The van der Waals surface area contributed by atoms with E-state index in [1.54, 1.807) is 60.7 Å². The second-order valence-corrected chi connectivity index (χ2v) is 13.5. The van der Waals surface area contributed by atoms with Gasteiger partial charge in [-0.2, -0.15) is 0 Å². The third-order valence-corrected chi connectivity index (χ3v) is 9.88. The monoisotopic (exact) mass is 689 g/mol. The van der Waals surface area contributed by atoms with E-state index in [1.165, 1.54) is 36.9 Å². The summed E-state index contributed by atoms with van der Waals surface area (Å²) in [5, 5.41) is 20.5. The summed E-state index contributed by atoms with van der Waals surface area (Å²) in [6, 6.07) is 17.2. The van der Waals surface area contributed by atoms with Crippen LogP contribution in [0.4, 0.5) is 9.52 Å². The van der Waals surface area contributed by atoms with Crippen molar-refractivity contribution in [2.45, 2.75) is 36.4 Å². The van der Waals surface area contributed by atoms with Gasteiger partial charge in [0.25, 0.3) is 5.91 Å². The van der Waals surface area contributed by atoms with E-state index < -0.39 is 23.5 Å². The Morgan fingerprint density at radius 3 is 2.58 bits per heavy atom. The first-order valence-electron chi connectivity index (χ1n) is 15.1. The molecule has 5 aromatic rings. The molecule has 1 aliphatic rings. The van der Waals surface area contributed by atoms with Crippen molar-refractivity contribution < 1.29 is 37.7 Å². The number of para-hydroxylation sites is 1. The van der Waals surface area contributed by atoms with E-state index >= 15 is 0 Å². The molecule has 1 aliphatic heterocycles. The molecule has 3 heterocycles. The SMILES string of the molecule is COc1cc(C2C(C(=O)c3cc4cccc(OC)c4o3)=C(O)C(=O)N2c2nnc(SCc3ccccc3F)s2)ccc1OCCC(C)C. The minimum absolute atomic E-state index is 0.0882. The normalized spacial score (nSPS) is 14.8. The Labute approximate surface area is 284 Å². The van der Waals surface area contributed by atoms with Gasteiger partial charge in [0.2, 0.25) is 10.9 Å². The topological polar surface area (TPSA) is 124 Å². The minimum atomic E-state index is -1.13. The number of ether oxygens (including phenoxy) is 3. The van der Waals surface area contributed by atoms with Crippen LogP contribution in [0.25, 0.3) is 11.0 Å². The molecule has 0 saturated heterocycles. The molecule has 0 saturated carbocycles. The standard InChI is InChI=1S/C35H32FN3O7S2/c1-19(2)14-15-45-24-13-12-20(16-26(24)44-4)29-28(30(40)27-17-21-9-7-11-25(43-3)32(21)46-27)31(41)33(42)39(29)34-37-38-35(48-34)47-18-22-8-5-6-10-23(22)36/h5-13,16-17,19,29,41H,14-15,18H2,1-4H3. The number of hydrogen-bond donors (Lipinski definition) is 1. The molecule has 10 nitrogen and oxygen atoms in total. The number of aliphatic hydroxyl groups excluding tert-OH is 1. The average molecular weight is 690 g/mol. The van der Waals surface area contributed by atoms with Crippen molar-refractivity contribution in [2.75, 3.05) is 25.7 Å². The number of rotatable bonds is 13. The molecule has 3 aromatic carbocycles. The third-order valence-electron chi connectivity index (χ3n) is 7.77. The molecule has 0 bridgehead atoms. The van der Waals surface area contributed by atoms with Crippen LogP contribution in [-0.2, 0) is 10.5 Å². The highest BCUT2D eigenvalue weighted by Gasteiger charge is 2.47. The van der Waals surface area contributed by atoms with E-state index in [-0.39, 0.29) is 28.0 Å². The van der Waals surface area contributed by atoms with Crippen molar-refractivity contribution in [3.63, 3.8) is 0 Å². The Bertz CT molecular complexity index is 2020. The fourth-order valence-corrected chi connectivity index (χ4v) is 7.14. The average Bonchev–Trinajstić information content (AvgIpc) is 3.80. The van der Waals surface area contributed by atoms with E-state index in [2.05, 4.69) is 24.0 Å². The van der Waals surface area contributed by atoms with Gasteiger partial charge in [0.05, 0.1) is 32.4 Å². The lowest BCUT2D eigenvalue weighted by Crippen LogP contribution is -2.31. The first-order chi connectivity index (χ1) is 23.2. The Morgan fingerprint density at radius 2 is 1.83 bits per heavy atom. The zero-order chi connectivity index (χ0) is 33.9. The Balaban J connectivity index is 1.39. The number of anilines is 1. The third kappa shape index (κ3) is 6.47. The summed E-state index contributed by atoms with van der Waals surface area (Å²) in [5.74, 6) is -0.671. The number of methoxy groups -OCH3 is 2. The van der Waals surface area contributed by atoms with Gasteiger partial charge in [-0.25, -0.2) is 4.39 Å². The predicted octanol–water partition coefficient (Wildman–Crippen LogP) is 7.94. The summed E-state index contributed by atoms with van der Waals surface area (Å²) in [6.07, 6.45) is 0.835. The predicted molar refractivity (Wildman–Crippen MR) is 181 cm³/mol. The molecule has 0 aliphatic carbocycles. The highest BCUT2D eigenvalue weighted by molar-refractivity contribution is 8.00. The first-order valence-corrected chi connectivity index (χ1v) is 16.9. The summed E-state index contributed by atoms with van der Waals surface area (Å²) in [4.78, 5) is 29.2. The number of halogens is 1. The van der Waals surface area contributed by atoms with Crippen LogP contribution in [-0.4, -0.2) is 47.8 Å². The lowest BCUT2D eigenvalue weighted by molar-refractivity contribution is -0.117. The number of carbonyl (C=O) groups is 2. The number of furan rings is 1. The van der Waals surface area contributed by atoms with E-state index in [4.69, 9.17) is 18.6 Å². The van der Waals surface area contributed by atoms with E-state index in [9.17, 15) is 19.1 Å². The van der Waals surface area contributed by atoms with Crippen molar-refractivity contribution in [2.24, 2.45) is 5.92 Å². The number of benzene rings is 3. The van der Waals surface area contributed by atoms with Gasteiger partial charge in [-0.1, -0.05) is 73.3 Å². The number of fused-ring (bicyclic) bond motifs is 1. The summed E-state index contributed by atoms with van der Waals surface area (Å²) in [5.41, 5.74) is 1.09. The maximum atomic E-state index is 14.2. The van der Waals surface area contributed by atoms with Gasteiger partial charge in [-0.3, -0.25) is 14.5 Å². The number of amides is 1. The molecule has 1 unspecified atom stereocenters. The Morgan fingerprint density at radius 1 is 1.04 bits per heavy atom. The van der Waals surface area contributed by atoms with Gasteiger partial charge in [-0.05, 0) is 53.8 Å². The summed E-state index contributed by atoms with van der Waals surface area (Å²) < 4.78 is 37.7. The van der Waals surface area contributed by atoms with Crippen LogP contribution in [0.2, 0.25) is 0 Å². The highest BCUT2D eigenvalue weighted by Crippen LogP contribution is 2.46. The number of thioether (sulfide) groups is 1. The highest BCUT2D eigenvalue weighted by atomic mass is 32.2. The summed E-state index contributed by atoms with van der Waals surface area (Å²) in [7, 11) is 2.99. The van der Waals surface area contributed by atoms with Crippen molar-refractivity contribution in [1.82, 2.24) is 10.2 Å². The quantitative estimate of drug-likeness (QED) is 0.0740. The smallest absolute Gasteiger partial charge is 0.296 e. The number of Topliss-reactive ketones (excluding diaryl/α,β-unsaturated/α-hetero) is 1. The van der Waals surface area contributed by atoms with E-state index in [0.29, 0.717) is 56.2 Å². The van der Waals surface area contributed by atoms with Gasteiger partial charge in [0.1, 0.15) is 5.82 Å². The van der Waals surface area contributed by atoms with Gasteiger partial charge < -0.3 is 23.7 Å². The van der Waals surface area contributed by atoms with Gasteiger partial charge in [0.15, 0.2) is 38.7 Å². The molecule has 1 amide bonds. The summed E-state index contributed by atoms with van der Waals surface area (Å²) in [6.45, 7) is 4.67. The van der Waals surface area contributed by atoms with Crippen LogP contribution in [0.1, 0.15) is 48.0 Å². The van der Waals surface area contributed by atoms with Crippen molar-refractivity contribution in [3.05, 3.63) is 101 Å². The molecule has 248 valence electrons. The summed E-state index contributed by atoms with van der Waals surface area (Å²) >= 11 is 2.34. The van der Waals surface area contributed by atoms with E-state index in [0.717, 1.165) is 17.8 Å². The Hall–Kier alpha value is -4.88. The second kappa shape index (κ2) is 14.1. The van der Waals surface area contributed by atoms with Gasteiger partial charge in [-0.15, -0.1) is 10.2 Å². The van der Waals surface area contributed by atoms with Gasteiger partial charge >= 0.3 is 0 Å². The van der Waals surface area contributed by atoms with Crippen LogP contribution in [0.15, 0.2) is 86.8 Å². The zero-order valence-electron chi connectivity index (χ0n) is 26.6. The fourth-order valence-electron chi connectivity index (χ4n) is 5.28. The number of carbonyl (C=O) groups excluding carboxylic acids is 2. The molecule has 0 fully saturated rings. The van der Waals surface area contributed by atoms with Crippen LogP contribution < -0.4 is 19.1 Å². The number of hydrogen-bond acceptors (Lipinski definition) is 11. The molecule has 1 N–H and O–H groups in total. The molecular weight excluding hydrogens is 658 g/mol. The van der Waals surface area contributed by atoms with Gasteiger partial charge in [0, 0.05) is 11.1 Å². The van der Waals surface area contributed by atoms with E-state index in [1.807, 2.05) is 0 Å². The molecule has 1 atom stereocenters. The Kier molecular flexibility index (Phi) is 9.69. The van der Waals surface area contributed by atoms with Crippen molar-refractivity contribution >= 4 is 50.9 Å². The van der Waals surface area contributed by atoms with Crippen LogP contribution in [0.3, 0.4) is 0 Å². The molecule has 2 aromatic heterocycles. The molecule has 0 radical (unpaired) electrons. The van der Waals surface area contributed by atoms with Crippen LogP contribution >= 0.6 is 23.1 Å². The molecule has 48 heavy (non-hydrogen) atoms. The van der Waals surface area contributed by atoms with Crippen molar-refractivity contribution in [1.29, 1.82) is 0 Å². The lowest BCUT2D eigenvalue weighted by Gasteiger charge is -2.24. The van der Waals surface area contributed by atoms with Crippen LogP contribution in [0, 0.1) is 11.7 Å². The minimum Gasteiger partial charge on any atom is -0.503 e. The number of nitrogens with zero attached hydrogens (tertiary/aromatic N) is 3. The molecule has 6 rings (SSSR count). The maximum Gasteiger partial charge on any atom is 0.296 e. The maximum absolute atomic E-state index is 14.2. The first kappa shape index (κ1) is 33.0. The molecule has 0 spiro atoms. The molecule has 13 heteroatoms. The lowest BCUT2D eigenvalue weighted by atomic mass is 9.95. The fraction of sp³-hybridized carbons (Fsp3) is 0.257. The molecular formula is C35H32FN3O7S2. The number of aliphatic hydroxyl groups is 1. The zero-order valence-corrected chi connectivity index (χ0v) is 28.2. The second-order valence-electron chi connectivity index (χ2n) is 11.3. The largest absolute Gasteiger partial charge is 0.503 e. The number of aromatic nitrogens is 2. The number of ketones is 1.